The summed E-state index contributed by atoms with van der Waals surface area (Å²) in [5, 5.41) is 8.92. The van der Waals surface area contributed by atoms with Gasteiger partial charge in [0.05, 0.1) is 5.56 Å². The first kappa shape index (κ1) is 16.1. The Hall–Kier alpha value is -1.26. The third-order valence-electron chi connectivity index (χ3n) is 4.60. The molecule has 0 bridgehead atoms. The maximum atomic E-state index is 10.9. The van der Waals surface area contributed by atoms with E-state index in [1.807, 2.05) is 12.1 Å². The molecule has 3 rings (SSSR count). The van der Waals surface area contributed by atoms with Crippen LogP contribution in [0.5, 0.6) is 0 Å². The fourth-order valence-electron chi connectivity index (χ4n) is 3.41. The number of piperidine rings is 1. The molecule has 2 aliphatic heterocycles. The first-order valence-corrected chi connectivity index (χ1v) is 7.56. The summed E-state index contributed by atoms with van der Waals surface area (Å²) in [6.07, 6.45) is 5.16. The molecule has 0 aromatic heterocycles. The van der Waals surface area contributed by atoms with Crippen LogP contribution in [-0.4, -0.2) is 48.2 Å². The standard InChI is InChI=1S/C16H22N2O2.ClH/c19-16(20)13-3-5-14(6-4-13)18-11-7-15(8-12-18)17-9-1-2-10-17;/h3-6,15H,1-2,7-12H2,(H,19,20);1H. The van der Waals surface area contributed by atoms with E-state index in [2.05, 4.69) is 9.80 Å². The fraction of sp³-hybridized carbons (Fsp3) is 0.562. The van der Waals surface area contributed by atoms with Crippen molar-refractivity contribution in [2.45, 2.75) is 31.7 Å². The van der Waals surface area contributed by atoms with Crippen molar-refractivity contribution in [3.05, 3.63) is 29.8 Å². The Morgan fingerprint density at radius 2 is 1.57 bits per heavy atom. The zero-order valence-electron chi connectivity index (χ0n) is 12.2. The van der Waals surface area contributed by atoms with Crippen LogP contribution in [0.15, 0.2) is 24.3 Å². The molecule has 2 saturated heterocycles. The van der Waals surface area contributed by atoms with Gasteiger partial charge in [-0.1, -0.05) is 0 Å². The molecule has 0 amide bonds. The van der Waals surface area contributed by atoms with E-state index in [9.17, 15) is 4.79 Å². The number of hydrogen-bond acceptors (Lipinski definition) is 3. The lowest BCUT2D eigenvalue weighted by Crippen LogP contribution is -2.43. The number of likely N-dealkylation sites (tertiary alicyclic amines) is 1. The van der Waals surface area contributed by atoms with Gasteiger partial charge in [-0.15, -0.1) is 12.4 Å². The number of carboxylic acids is 1. The second-order valence-electron chi connectivity index (χ2n) is 5.81. The van der Waals surface area contributed by atoms with Crippen LogP contribution in [0, 0.1) is 0 Å². The van der Waals surface area contributed by atoms with Gasteiger partial charge in [-0.2, -0.15) is 0 Å². The minimum Gasteiger partial charge on any atom is -0.478 e. The minimum absolute atomic E-state index is 0. The van der Waals surface area contributed by atoms with E-state index in [4.69, 9.17) is 5.11 Å². The highest BCUT2D eigenvalue weighted by atomic mass is 35.5. The number of hydrogen-bond donors (Lipinski definition) is 1. The van der Waals surface area contributed by atoms with E-state index in [-0.39, 0.29) is 12.4 Å². The molecular formula is C16H23ClN2O2. The highest BCUT2D eigenvalue weighted by Crippen LogP contribution is 2.25. The summed E-state index contributed by atoms with van der Waals surface area (Å²) in [5.74, 6) is -0.857. The Morgan fingerprint density at radius 1 is 1.00 bits per heavy atom. The average Bonchev–Trinajstić information content (AvgIpc) is 3.02. The van der Waals surface area contributed by atoms with Gasteiger partial charge in [0.1, 0.15) is 0 Å². The Morgan fingerprint density at radius 3 is 2.10 bits per heavy atom. The summed E-state index contributed by atoms with van der Waals surface area (Å²) in [4.78, 5) is 15.9. The molecule has 0 unspecified atom stereocenters. The Labute approximate surface area is 132 Å². The highest BCUT2D eigenvalue weighted by Gasteiger charge is 2.26. The van der Waals surface area contributed by atoms with Crippen molar-refractivity contribution >= 4 is 24.1 Å². The van der Waals surface area contributed by atoms with Crippen molar-refractivity contribution in [2.24, 2.45) is 0 Å². The molecule has 21 heavy (non-hydrogen) atoms. The van der Waals surface area contributed by atoms with Crippen molar-refractivity contribution < 1.29 is 9.90 Å². The first-order chi connectivity index (χ1) is 9.74. The van der Waals surface area contributed by atoms with Gasteiger partial charge in [0.15, 0.2) is 0 Å². The fourth-order valence-corrected chi connectivity index (χ4v) is 3.41. The predicted molar refractivity (Wildman–Crippen MR) is 86.7 cm³/mol. The Bertz CT molecular complexity index is 464. The lowest BCUT2D eigenvalue weighted by atomic mass is 10.0. The summed E-state index contributed by atoms with van der Waals surface area (Å²) >= 11 is 0. The molecular weight excluding hydrogens is 288 g/mol. The number of rotatable bonds is 3. The van der Waals surface area contributed by atoms with Crippen LogP contribution in [0.25, 0.3) is 0 Å². The van der Waals surface area contributed by atoms with Gasteiger partial charge in [0.2, 0.25) is 0 Å². The molecule has 0 spiro atoms. The van der Waals surface area contributed by atoms with E-state index in [1.54, 1.807) is 12.1 Å². The summed E-state index contributed by atoms with van der Waals surface area (Å²) < 4.78 is 0. The van der Waals surface area contributed by atoms with Gasteiger partial charge in [0.25, 0.3) is 0 Å². The minimum atomic E-state index is -0.857. The van der Waals surface area contributed by atoms with Gasteiger partial charge >= 0.3 is 5.97 Å². The normalized spacial score (nSPS) is 20.3. The third kappa shape index (κ3) is 3.69. The van der Waals surface area contributed by atoms with Crippen LogP contribution in [-0.2, 0) is 0 Å². The van der Waals surface area contributed by atoms with E-state index in [1.165, 1.54) is 38.8 Å². The molecule has 2 heterocycles. The Balaban J connectivity index is 0.00000161. The number of carboxylic acid groups (broad SMARTS) is 1. The number of anilines is 1. The molecule has 1 aromatic rings. The van der Waals surface area contributed by atoms with Crippen molar-refractivity contribution in [1.29, 1.82) is 0 Å². The zero-order valence-corrected chi connectivity index (χ0v) is 13.0. The molecule has 1 N–H and O–H groups in total. The highest BCUT2D eigenvalue weighted by molar-refractivity contribution is 5.88. The van der Waals surface area contributed by atoms with E-state index in [0.29, 0.717) is 5.56 Å². The number of benzene rings is 1. The van der Waals surface area contributed by atoms with Crippen LogP contribution in [0.1, 0.15) is 36.0 Å². The monoisotopic (exact) mass is 310 g/mol. The maximum absolute atomic E-state index is 10.9. The molecule has 0 radical (unpaired) electrons. The molecule has 0 saturated carbocycles. The molecule has 2 fully saturated rings. The van der Waals surface area contributed by atoms with Crippen LogP contribution < -0.4 is 4.90 Å². The first-order valence-electron chi connectivity index (χ1n) is 7.56. The molecule has 4 nitrogen and oxygen atoms in total. The maximum Gasteiger partial charge on any atom is 0.335 e. The van der Waals surface area contributed by atoms with Crippen molar-refractivity contribution in [3.8, 4) is 0 Å². The summed E-state index contributed by atoms with van der Waals surface area (Å²) in [6, 6.07) is 8.01. The molecule has 2 aliphatic rings. The Kier molecular flexibility index (Phi) is 5.48. The van der Waals surface area contributed by atoms with Gasteiger partial charge in [-0.25, -0.2) is 4.79 Å². The van der Waals surface area contributed by atoms with E-state index in [0.717, 1.165) is 24.8 Å². The average molecular weight is 311 g/mol. The van der Waals surface area contributed by atoms with Crippen LogP contribution in [0.2, 0.25) is 0 Å². The van der Waals surface area contributed by atoms with Crippen molar-refractivity contribution in [2.75, 3.05) is 31.1 Å². The zero-order chi connectivity index (χ0) is 13.9. The molecule has 0 aliphatic carbocycles. The molecule has 0 atom stereocenters. The second-order valence-corrected chi connectivity index (χ2v) is 5.81. The van der Waals surface area contributed by atoms with Crippen LogP contribution in [0.3, 0.4) is 0 Å². The predicted octanol–water partition coefficient (Wildman–Crippen LogP) is 2.87. The summed E-state index contributed by atoms with van der Waals surface area (Å²) in [7, 11) is 0. The van der Waals surface area contributed by atoms with E-state index >= 15 is 0 Å². The number of halogens is 1. The van der Waals surface area contributed by atoms with Gasteiger partial charge in [-0.3, -0.25) is 0 Å². The van der Waals surface area contributed by atoms with Crippen molar-refractivity contribution in [1.82, 2.24) is 4.90 Å². The summed E-state index contributed by atoms with van der Waals surface area (Å²) in [5.41, 5.74) is 1.51. The lowest BCUT2D eigenvalue weighted by molar-refractivity contribution is 0.0697. The van der Waals surface area contributed by atoms with Crippen LogP contribution >= 0.6 is 12.4 Å². The van der Waals surface area contributed by atoms with Gasteiger partial charge < -0.3 is 14.9 Å². The van der Waals surface area contributed by atoms with Gasteiger partial charge in [0, 0.05) is 24.8 Å². The third-order valence-corrected chi connectivity index (χ3v) is 4.60. The molecule has 116 valence electrons. The second kappa shape index (κ2) is 7.14. The van der Waals surface area contributed by atoms with Crippen LogP contribution in [0.4, 0.5) is 5.69 Å². The lowest BCUT2D eigenvalue weighted by Gasteiger charge is -2.37. The van der Waals surface area contributed by atoms with E-state index < -0.39 is 5.97 Å². The largest absolute Gasteiger partial charge is 0.478 e. The smallest absolute Gasteiger partial charge is 0.335 e. The number of aromatic carboxylic acids is 1. The molecule has 1 aromatic carbocycles. The SMILES string of the molecule is Cl.O=C(O)c1ccc(N2CCC(N3CCCC3)CC2)cc1. The molecule has 5 heteroatoms. The quantitative estimate of drug-likeness (QED) is 0.932. The summed E-state index contributed by atoms with van der Waals surface area (Å²) in [6.45, 7) is 4.71. The number of nitrogens with zero attached hydrogens (tertiary/aromatic N) is 2. The van der Waals surface area contributed by atoms with Gasteiger partial charge in [-0.05, 0) is 63.0 Å². The van der Waals surface area contributed by atoms with Crippen molar-refractivity contribution in [3.63, 3.8) is 0 Å². The topological polar surface area (TPSA) is 43.8 Å². The number of carbonyl (C=O) groups is 1.